The number of benzene rings is 16. The lowest BCUT2D eigenvalue weighted by molar-refractivity contribution is 0.313. The zero-order chi connectivity index (χ0) is 80.7. The van der Waals surface area contributed by atoms with Gasteiger partial charge in [0.05, 0.1) is 49.2 Å². The lowest BCUT2D eigenvalue weighted by Gasteiger charge is -2.31. The van der Waals surface area contributed by atoms with Crippen molar-refractivity contribution in [3.63, 3.8) is 0 Å². The molecule has 0 amide bonds. The van der Waals surface area contributed by atoms with E-state index in [9.17, 15) is 0 Å². The van der Waals surface area contributed by atoms with Gasteiger partial charge in [0, 0.05) is 134 Å². The molecule has 0 spiro atoms. The second-order valence-corrected chi connectivity index (χ2v) is 32.4. The first kappa shape index (κ1) is 79.2. The lowest BCUT2D eigenvalue weighted by atomic mass is 9.90. The Bertz CT molecular complexity index is 5530. The maximum atomic E-state index is 6.84. The van der Waals surface area contributed by atoms with Crippen molar-refractivity contribution in [1.29, 1.82) is 0 Å². The van der Waals surface area contributed by atoms with Crippen molar-refractivity contribution in [3.05, 3.63) is 311 Å². The zero-order valence-corrected chi connectivity index (χ0v) is 70.5. The lowest BCUT2D eigenvalue weighted by Crippen LogP contribution is -2.13. The summed E-state index contributed by atoms with van der Waals surface area (Å²) in [5.74, 6) is 4.47. The Labute approximate surface area is 688 Å². The van der Waals surface area contributed by atoms with Gasteiger partial charge in [-0.15, -0.1) is 0 Å². The highest BCUT2D eigenvalue weighted by molar-refractivity contribution is 6.32. The zero-order valence-electron chi connectivity index (χ0n) is 70.5. The van der Waals surface area contributed by atoms with Gasteiger partial charge in [0.25, 0.3) is 0 Å². The van der Waals surface area contributed by atoms with E-state index in [0.717, 1.165) is 175 Å². The van der Waals surface area contributed by atoms with Crippen LogP contribution in [0.2, 0.25) is 0 Å². The largest absolute Gasteiger partial charge is 0.493 e. The van der Waals surface area contributed by atoms with Crippen LogP contribution in [0.3, 0.4) is 0 Å². The van der Waals surface area contributed by atoms with Crippen molar-refractivity contribution in [2.24, 2.45) is 0 Å². The Balaban J connectivity index is 0.000000183. The van der Waals surface area contributed by atoms with Crippen LogP contribution in [0.25, 0.3) is 64.6 Å². The van der Waals surface area contributed by atoms with Gasteiger partial charge in [-0.05, 0) is 212 Å². The number of hydrogen-bond acceptors (Lipinski definition) is 8. The van der Waals surface area contributed by atoms with Crippen LogP contribution in [0.5, 0.6) is 23.0 Å². The number of anilines is 12. The summed E-state index contributed by atoms with van der Waals surface area (Å²) in [6, 6.07) is 98.8. The Morgan fingerprint density at radius 1 is 0.216 bits per heavy atom. The molecular formula is C108H112N4O4. The van der Waals surface area contributed by atoms with Crippen molar-refractivity contribution in [3.8, 4) is 23.0 Å². The summed E-state index contributed by atoms with van der Waals surface area (Å²) in [5, 5.41) is 13.8. The molecule has 116 heavy (non-hydrogen) atoms. The molecule has 0 saturated heterocycles. The molecular weight excluding hydrogens is 1420 g/mol. The Morgan fingerprint density at radius 2 is 0.379 bits per heavy atom. The maximum absolute atomic E-state index is 6.84. The number of ether oxygens (including phenoxy) is 4. The summed E-state index contributed by atoms with van der Waals surface area (Å²) < 4.78 is 27.2. The first-order chi connectivity index (χ1) is 56.5. The number of rotatable bonds is 30. The van der Waals surface area contributed by atoms with Gasteiger partial charge in [-0.25, -0.2) is 0 Å². The molecule has 0 fully saturated rings. The number of hydrogen-bond donors (Lipinski definition) is 0. The van der Waals surface area contributed by atoms with Crippen molar-refractivity contribution in [2.75, 3.05) is 46.0 Å². The molecule has 16 aromatic rings. The van der Waals surface area contributed by atoms with Gasteiger partial charge in [0.2, 0.25) is 0 Å². The van der Waals surface area contributed by atoms with Crippen LogP contribution in [0, 0.1) is 41.5 Å². The van der Waals surface area contributed by atoms with Crippen LogP contribution in [-0.4, -0.2) is 26.4 Å². The number of unbranched alkanes of at least 4 members (excludes halogenated alkanes) is 4. The summed E-state index contributed by atoms with van der Waals surface area (Å²) in [4.78, 5) is 9.61. The van der Waals surface area contributed by atoms with Gasteiger partial charge in [-0.2, -0.15) is 0 Å². The highest BCUT2D eigenvalue weighted by Gasteiger charge is 2.30. The van der Waals surface area contributed by atoms with E-state index in [0.29, 0.717) is 38.3 Å². The van der Waals surface area contributed by atoms with E-state index in [-0.39, 0.29) is 0 Å². The SMILES string of the molecule is CCCCOc1cc(N(c2ccc(C)cc2)c2ccc(C(C)C)cc2)c2ccc3c(OCCCC)cc(N(c4ccc(C)cc4)c4ccc(C(C)C)cc4)c4ccc1c2c34.CCCCOc1cc(N(c2ccc(C)cc2)c2ccc(C)cc2)c2ccc3c(OCCCC)cc(N(c4ccc(C)cc4)c4ccc(C)cc4)c4ccc1c2c34. The topological polar surface area (TPSA) is 49.9 Å². The minimum atomic E-state index is 0.440. The fourth-order valence-corrected chi connectivity index (χ4v) is 16.2. The number of aryl methyl sites for hydroxylation is 6. The van der Waals surface area contributed by atoms with Gasteiger partial charge >= 0.3 is 0 Å². The van der Waals surface area contributed by atoms with Crippen LogP contribution < -0.4 is 38.5 Å². The van der Waals surface area contributed by atoms with Crippen LogP contribution in [0.1, 0.15) is 163 Å². The summed E-state index contributed by atoms with van der Waals surface area (Å²) in [7, 11) is 0. The van der Waals surface area contributed by atoms with E-state index < -0.39 is 0 Å². The molecule has 0 aliphatic carbocycles. The molecule has 588 valence electrons. The first-order valence-electron chi connectivity index (χ1n) is 42.4. The average Bonchev–Trinajstić information content (AvgIpc) is 0.713. The summed E-state index contributed by atoms with van der Waals surface area (Å²) >= 11 is 0. The van der Waals surface area contributed by atoms with Crippen LogP contribution in [0.4, 0.5) is 68.2 Å². The smallest absolute Gasteiger partial charge is 0.129 e. The average molecular weight is 1530 g/mol. The summed E-state index contributed by atoms with van der Waals surface area (Å²) in [6.45, 7) is 33.4. The number of nitrogens with zero attached hydrogens (tertiary/aromatic N) is 4. The molecule has 0 aliphatic heterocycles. The van der Waals surface area contributed by atoms with Gasteiger partial charge in [0.1, 0.15) is 23.0 Å². The highest BCUT2D eigenvalue weighted by atomic mass is 16.5. The standard InChI is InChI=1S/C56H60N2O2.C52H52N2O2/c1-9-11-33-59-53-35-51(57(43-21-13-39(7)14-22-43)45-25-17-41(18-26-45)37(3)4)47-30-32-50-54(60-34-12-10-2)36-52(48-29-31-49(53)55(47)56(48)50)58(44-23-15-40(8)16-24-44)46-27-19-42(20-28-46)38(5)6;1-7-9-31-55-49-33-47(53(39-19-11-35(3)12-20-39)40-21-13-36(4)14-22-40)43-28-30-46-50(56-32-10-8-2)34-48(44-27-29-45(49)51(43)52(44)46)54(41-23-15-37(5)16-24-41)42-25-17-38(6)18-26-42/h13-32,35-38H,9-12,33-34H2,1-8H3;11-30,33-34H,7-10,31-32H2,1-6H3. The molecule has 0 aliphatic rings. The van der Waals surface area contributed by atoms with Crippen molar-refractivity contribution in [1.82, 2.24) is 0 Å². The van der Waals surface area contributed by atoms with E-state index >= 15 is 0 Å². The first-order valence-corrected chi connectivity index (χ1v) is 42.4. The summed E-state index contributed by atoms with van der Waals surface area (Å²) in [6.07, 6.45) is 8.18. The fourth-order valence-electron chi connectivity index (χ4n) is 16.2. The Morgan fingerprint density at radius 3 is 0.543 bits per heavy atom. The predicted molar refractivity (Wildman–Crippen MR) is 497 cm³/mol. The van der Waals surface area contributed by atoms with E-state index in [1.165, 1.54) is 76.8 Å². The Hall–Kier alpha value is -12.0. The van der Waals surface area contributed by atoms with Gasteiger partial charge in [-0.1, -0.05) is 236 Å². The molecule has 0 radical (unpaired) electrons. The Kier molecular flexibility index (Phi) is 24.2. The van der Waals surface area contributed by atoms with E-state index in [1.54, 1.807) is 0 Å². The fraction of sp³-hybridized carbons (Fsp3) is 0.259. The molecule has 0 saturated carbocycles. The summed E-state index contributed by atoms with van der Waals surface area (Å²) in [5.41, 5.74) is 23.2. The molecule has 8 heteroatoms. The van der Waals surface area contributed by atoms with Crippen LogP contribution in [0.15, 0.2) is 267 Å². The quantitative estimate of drug-likeness (QED) is 0.0326. The van der Waals surface area contributed by atoms with Crippen LogP contribution >= 0.6 is 0 Å². The third-order valence-electron chi connectivity index (χ3n) is 22.9. The van der Waals surface area contributed by atoms with Gasteiger partial charge in [-0.3, -0.25) is 0 Å². The minimum Gasteiger partial charge on any atom is -0.493 e. The van der Waals surface area contributed by atoms with Crippen molar-refractivity contribution in [2.45, 2.75) is 160 Å². The second kappa shape index (κ2) is 35.4. The molecule has 0 heterocycles. The molecule has 16 aromatic carbocycles. The van der Waals surface area contributed by atoms with Crippen molar-refractivity contribution >= 4 is 133 Å². The highest BCUT2D eigenvalue weighted by Crippen LogP contribution is 2.55. The van der Waals surface area contributed by atoms with E-state index in [4.69, 9.17) is 18.9 Å². The molecule has 8 nitrogen and oxygen atoms in total. The molecule has 16 rings (SSSR count). The third-order valence-corrected chi connectivity index (χ3v) is 22.9. The molecule has 0 unspecified atom stereocenters. The minimum absolute atomic E-state index is 0.440. The van der Waals surface area contributed by atoms with Crippen LogP contribution in [-0.2, 0) is 0 Å². The van der Waals surface area contributed by atoms with E-state index in [2.05, 4.69) is 383 Å². The van der Waals surface area contributed by atoms with Gasteiger partial charge in [0.15, 0.2) is 0 Å². The third kappa shape index (κ3) is 16.4. The monoisotopic (exact) mass is 1530 g/mol. The van der Waals surface area contributed by atoms with Gasteiger partial charge < -0.3 is 38.5 Å². The van der Waals surface area contributed by atoms with Crippen molar-refractivity contribution < 1.29 is 18.9 Å². The second-order valence-electron chi connectivity index (χ2n) is 32.4. The van der Waals surface area contributed by atoms with E-state index in [1.807, 2.05) is 0 Å². The molecule has 0 bridgehead atoms. The predicted octanol–water partition coefficient (Wildman–Crippen LogP) is 31.9. The molecule has 0 N–H and O–H groups in total. The molecule has 0 aromatic heterocycles. The normalized spacial score (nSPS) is 11.6. The maximum Gasteiger partial charge on any atom is 0.129 e. The molecule has 0 atom stereocenters.